The minimum Gasteiger partial charge on any atom is -0.495 e. The van der Waals surface area contributed by atoms with E-state index in [9.17, 15) is 18.0 Å². The number of benzene rings is 2. The average molecular weight is 473 g/mol. The number of para-hydroxylation sites is 1. The van der Waals surface area contributed by atoms with Gasteiger partial charge in [0.2, 0.25) is 15.9 Å². The standard InChI is InChI=1S/C22H24N4O6S/c1-15-23-18-6-4-3-5-17(18)22(28)26(15)14-21(27)24-16-7-8-19(31-2)20(13-16)33(29,30)25-9-11-32-12-10-25/h3-8,13H,9-12,14H2,1-2H3,(H,24,27). The number of nitrogens with one attached hydrogen (secondary N) is 1. The van der Waals surface area contributed by atoms with Gasteiger partial charge < -0.3 is 14.8 Å². The van der Waals surface area contributed by atoms with Crippen LogP contribution in [0.4, 0.5) is 5.69 Å². The van der Waals surface area contributed by atoms with Crippen molar-refractivity contribution in [1.29, 1.82) is 0 Å². The van der Waals surface area contributed by atoms with E-state index in [0.717, 1.165) is 0 Å². The average Bonchev–Trinajstić information content (AvgIpc) is 2.82. The van der Waals surface area contributed by atoms with Gasteiger partial charge in [-0.15, -0.1) is 0 Å². The van der Waals surface area contributed by atoms with Crippen LogP contribution in [-0.2, 0) is 26.1 Å². The van der Waals surface area contributed by atoms with Crippen molar-refractivity contribution in [2.75, 3.05) is 38.7 Å². The zero-order chi connectivity index (χ0) is 23.6. The monoisotopic (exact) mass is 472 g/mol. The second-order valence-corrected chi connectivity index (χ2v) is 9.40. The van der Waals surface area contributed by atoms with Crippen LogP contribution in [0.5, 0.6) is 5.75 Å². The Balaban J connectivity index is 1.60. The Bertz CT molecular complexity index is 1360. The maximum absolute atomic E-state index is 13.1. The Morgan fingerprint density at radius 1 is 1.18 bits per heavy atom. The number of hydrogen-bond donors (Lipinski definition) is 1. The first-order chi connectivity index (χ1) is 15.8. The summed E-state index contributed by atoms with van der Waals surface area (Å²) in [5.41, 5.74) is 0.510. The van der Waals surface area contributed by atoms with Gasteiger partial charge in [0.25, 0.3) is 5.56 Å². The third-order valence-corrected chi connectivity index (χ3v) is 7.31. The van der Waals surface area contributed by atoms with Crippen molar-refractivity contribution >= 4 is 32.5 Å². The number of aromatic nitrogens is 2. The molecule has 0 bridgehead atoms. The van der Waals surface area contributed by atoms with Gasteiger partial charge >= 0.3 is 0 Å². The molecule has 0 atom stereocenters. The minimum absolute atomic E-state index is 0.0505. The van der Waals surface area contributed by atoms with E-state index < -0.39 is 15.9 Å². The van der Waals surface area contributed by atoms with Crippen molar-refractivity contribution in [3.05, 3.63) is 58.6 Å². The summed E-state index contributed by atoms with van der Waals surface area (Å²) in [6, 6.07) is 11.3. The SMILES string of the molecule is COc1ccc(NC(=O)Cn2c(C)nc3ccccc3c2=O)cc1S(=O)(=O)N1CCOCC1. The predicted octanol–water partition coefficient (Wildman–Crippen LogP) is 1.37. The molecule has 1 aliphatic heterocycles. The zero-order valence-corrected chi connectivity index (χ0v) is 19.1. The summed E-state index contributed by atoms with van der Waals surface area (Å²) in [6.07, 6.45) is 0. The fraction of sp³-hybridized carbons (Fsp3) is 0.318. The molecule has 174 valence electrons. The molecule has 11 heteroatoms. The number of carbonyl (C=O) groups is 1. The van der Waals surface area contributed by atoms with Crippen molar-refractivity contribution in [2.45, 2.75) is 18.4 Å². The highest BCUT2D eigenvalue weighted by atomic mass is 32.2. The zero-order valence-electron chi connectivity index (χ0n) is 18.3. The van der Waals surface area contributed by atoms with Crippen LogP contribution in [-0.4, -0.2) is 61.6 Å². The molecular formula is C22H24N4O6S. The quantitative estimate of drug-likeness (QED) is 0.575. The Morgan fingerprint density at radius 2 is 1.91 bits per heavy atom. The molecule has 1 aliphatic rings. The first-order valence-electron chi connectivity index (χ1n) is 10.3. The highest BCUT2D eigenvalue weighted by Gasteiger charge is 2.29. The Kier molecular flexibility index (Phi) is 6.45. The summed E-state index contributed by atoms with van der Waals surface area (Å²) in [5.74, 6) is 0.0848. The van der Waals surface area contributed by atoms with Crippen LogP contribution >= 0.6 is 0 Å². The normalized spacial score (nSPS) is 14.8. The van der Waals surface area contributed by atoms with E-state index in [1.54, 1.807) is 37.3 Å². The highest BCUT2D eigenvalue weighted by Crippen LogP contribution is 2.30. The predicted molar refractivity (Wildman–Crippen MR) is 122 cm³/mol. The lowest BCUT2D eigenvalue weighted by molar-refractivity contribution is -0.116. The number of amides is 1. The van der Waals surface area contributed by atoms with E-state index in [4.69, 9.17) is 9.47 Å². The van der Waals surface area contributed by atoms with Crippen molar-refractivity contribution < 1.29 is 22.7 Å². The molecule has 0 spiro atoms. The second kappa shape index (κ2) is 9.30. The molecule has 0 aliphatic carbocycles. The number of rotatable bonds is 6. The van der Waals surface area contributed by atoms with Gasteiger partial charge in [0.15, 0.2) is 0 Å². The summed E-state index contributed by atoms with van der Waals surface area (Å²) < 4.78 is 39.4. The molecule has 33 heavy (non-hydrogen) atoms. The molecule has 10 nitrogen and oxygen atoms in total. The number of ether oxygens (including phenoxy) is 2. The lowest BCUT2D eigenvalue weighted by Crippen LogP contribution is -2.40. The number of nitrogens with zero attached hydrogens (tertiary/aromatic N) is 3. The highest BCUT2D eigenvalue weighted by molar-refractivity contribution is 7.89. The summed E-state index contributed by atoms with van der Waals surface area (Å²) in [6.45, 7) is 2.48. The largest absolute Gasteiger partial charge is 0.495 e. The number of methoxy groups -OCH3 is 1. The number of morpholine rings is 1. The molecule has 0 radical (unpaired) electrons. The van der Waals surface area contributed by atoms with Gasteiger partial charge in [-0.2, -0.15) is 4.31 Å². The van der Waals surface area contributed by atoms with E-state index in [0.29, 0.717) is 29.9 Å². The summed E-state index contributed by atoms with van der Waals surface area (Å²) in [5, 5.41) is 3.09. The van der Waals surface area contributed by atoms with Crippen LogP contribution in [0.15, 0.2) is 52.2 Å². The van der Waals surface area contributed by atoms with E-state index in [1.165, 1.54) is 28.1 Å². The number of anilines is 1. The smallest absolute Gasteiger partial charge is 0.261 e. The fourth-order valence-electron chi connectivity index (χ4n) is 3.69. The van der Waals surface area contributed by atoms with E-state index >= 15 is 0 Å². The third-order valence-electron chi connectivity index (χ3n) is 5.39. The number of aryl methyl sites for hydroxylation is 1. The van der Waals surface area contributed by atoms with Gasteiger partial charge in [0, 0.05) is 18.8 Å². The topological polar surface area (TPSA) is 120 Å². The van der Waals surface area contributed by atoms with E-state index in [-0.39, 0.29) is 41.5 Å². The van der Waals surface area contributed by atoms with E-state index in [1.807, 2.05) is 0 Å². The van der Waals surface area contributed by atoms with Gasteiger partial charge in [-0.25, -0.2) is 13.4 Å². The Hall–Kier alpha value is -3.28. The van der Waals surface area contributed by atoms with E-state index in [2.05, 4.69) is 10.3 Å². The second-order valence-electron chi connectivity index (χ2n) is 7.50. The molecule has 3 aromatic rings. The number of hydrogen-bond acceptors (Lipinski definition) is 7. The van der Waals surface area contributed by atoms with Crippen LogP contribution in [0.2, 0.25) is 0 Å². The molecule has 1 fully saturated rings. The van der Waals surface area contributed by atoms with Crippen molar-refractivity contribution in [2.24, 2.45) is 0 Å². The van der Waals surface area contributed by atoms with Crippen LogP contribution in [0, 0.1) is 6.92 Å². The Labute approximate surface area is 190 Å². The number of fused-ring (bicyclic) bond motifs is 1. The van der Waals surface area contributed by atoms with Crippen molar-refractivity contribution in [3.63, 3.8) is 0 Å². The van der Waals surface area contributed by atoms with Gasteiger partial charge in [-0.05, 0) is 37.3 Å². The molecule has 1 amide bonds. The molecule has 0 unspecified atom stereocenters. The third kappa shape index (κ3) is 4.61. The summed E-state index contributed by atoms with van der Waals surface area (Å²) >= 11 is 0. The van der Waals surface area contributed by atoms with Crippen LogP contribution < -0.4 is 15.6 Å². The maximum Gasteiger partial charge on any atom is 0.261 e. The molecular weight excluding hydrogens is 448 g/mol. The molecule has 1 aromatic heterocycles. The lowest BCUT2D eigenvalue weighted by Gasteiger charge is -2.26. The molecule has 0 saturated carbocycles. The first kappa shape index (κ1) is 22.9. The van der Waals surface area contributed by atoms with Gasteiger partial charge in [0.1, 0.15) is 23.0 Å². The Morgan fingerprint density at radius 3 is 2.64 bits per heavy atom. The van der Waals surface area contributed by atoms with Crippen molar-refractivity contribution in [3.8, 4) is 5.75 Å². The minimum atomic E-state index is -3.85. The summed E-state index contributed by atoms with van der Waals surface area (Å²) in [4.78, 5) is 29.9. The molecule has 4 rings (SSSR count). The van der Waals surface area contributed by atoms with Gasteiger partial charge in [0.05, 0.1) is 31.2 Å². The first-order valence-corrected chi connectivity index (χ1v) is 11.8. The van der Waals surface area contributed by atoms with Crippen LogP contribution in [0.3, 0.4) is 0 Å². The molecule has 1 saturated heterocycles. The molecule has 2 aromatic carbocycles. The summed E-state index contributed by atoms with van der Waals surface area (Å²) in [7, 11) is -2.47. The fourth-order valence-corrected chi connectivity index (χ4v) is 5.28. The maximum atomic E-state index is 13.1. The molecule has 2 heterocycles. The van der Waals surface area contributed by atoms with Gasteiger partial charge in [-0.3, -0.25) is 14.2 Å². The number of sulfonamides is 1. The number of carbonyl (C=O) groups excluding carboxylic acids is 1. The van der Waals surface area contributed by atoms with Crippen LogP contribution in [0.25, 0.3) is 10.9 Å². The van der Waals surface area contributed by atoms with Gasteiger partial charge in [-0.1, -0.05) is 12.1 Å². The van der Waals surface area contributed by atoms with Crippen molar-refractivity contribution in [1.82, 2.24) is 13.9 Å². The lowest BCUT2D eigenvalue weighted by atomic mass is 10.2. The van der Waals surface area contributed by atoms with Crippen LogP contribution in [0.1, 0.15) is 5.82 Å². The molecule has 1 N–H and O–H groups in total.